The largest absolute Gasteiger partial charge is 0.492 e. The van der Waals surface area contributed by atoms with Gasteiger partial charge in [-0.3, -0.25) is 5.41 Å². The van der Waals surface area contributed by atoms with E-state index in [1.807, 2.05) is 24.3 Å². The van der Waals surface area contributed by atoms with Crippen LogP contribution >= 0.6 is 0 Å². The zero-order chi connectivity index (χ0) is 28.5. The number of carbonyl (C=O) groups excluding carboxylic acids is 1. The average Bonchev–Trinajstić information content (AvgIpc) is 2.97. The quantitative estimate of drug-likeness (QED) is 0.148. The minimum Gasteiger partial charge on any atom is -0.492 e. The number of benzene rings is 3. The van der Waals surface area contributed by atoms with E-state index in [1.165, 1.54) is 31.4 Å². The van der Waals surface area contributed by atoms with Gasteiger partial charge in [-0.15, -0.1) is 0 Å². The van der Waals surface area contributed by atoms with Gasteiger partial charge in [-0.25, -0.2) is 17.9 Å². The van der Waals surface area contributed by atoms with Gasteiger partial charge in [-0.2, -0.15) is 0 Å². The SMILES string of the molecule is COC(=O)c1ccc(S(=O)(=O)N[C@H](COc2cccc(C(=N)N)c2)Cc2ccc(OC3CCNCC3)cc2)cc1. The molecular formula is C29H34N4O6S. The molecule has 5 N–H and O–H groups in total. The van der Waals surface area contributed by atoms with Gasteiger partial charge in [0, 0.05) is 5.56 Å². The molecule has 0 saturated carbocycles. The molecule has 1 heterocycles. The second-order valence-corrected chi connectivity index (χ2v) is 11.2. The summed E-state index contributed by atoms with van der Waals surface area (Å²) in [6.45, 7) is 1.89. The number of amidine groups is 1. The zero-order valence-corrected chi connectivity index (χ0v) is 23.1. The maximum Gasteiger partial charge on any atom is 0.337 e. The molecule has 0 radical (unpaired) electrons. The highest BCUT2D eigenvalue weighted by molar-refractivity contribution is 7.89. The molecule has 1 saturated heterocycles. The fourth-order valence-electron chi connectivity index (χ4n) is 4.35. The smallest absolute Gasteiger partial charge is 0.337 e. The van der Waals surface area contributed by atoms with Crippen molar-refractivity contribution in [2.45, 2.75) is 36.3 Å². The van der Waals surface area contributed by atoms with Gasteiger partial charge in [0.15, 0.2) is 0 Å². The number of esters is 1. The van der Waals surface area contributed by atoms with E-state index in [1.54, 1.807) is 24.3 Å². The van der Waals surface area contributed by atoms with Crippen LogP contribution in [0.1, 0.15) is 34.3 Å². The van der Waals surface area contributed by atoms with Crippen LogP contribution in [0.5, 0.6) is 11.5 Å². The first-order valence-corrected chi connectivity index (χ1v) is 14.5. The molecule has 11 heteroatoms. The van der Waals surface area contributed by atoms with Gasteiger partial charge in [0.05, 0.1) is 23.6 Å². The second kappa shape index (κ2) is 13.4. The van der Waals surface area contributed by atoms with Crippen molar-refractivity contribution in [3.8, 4) is 11.5 Å². The van der Waals surface area contributed by atoms with Crippen LogP contribution in [0.25, 0.3) is 0 Å². The number of nitrogens with two attached hydrogens (primary N) is 1. The lowest BCUT2D eigenvalue weighted by Gasteiger charge is -2.24. The summed E-state index contributed by atoms with van der Waals surface area (Å²) in [7, 11) is -2.69. The van der Waals surface area contributed by atoms with Crippen molar-refractivity contribution in [1.29, 1.82) is 5.41 Å². The third kappa shape index (κ3) is 8.04. The van der Waals surface area contributed by atoms with Crippen molar-refractivity contribution in [3.05, 3.63) is 89.5 Å². The van der Waals surface area contributed by atoms with E-state index in [0.29, 0.717) is 17.7 Å². The number of nitrogens with one attached hydrogen (secondary N) is 3. The van der Waals surface area contributed by atoms with Crippen molar-refractivity contribution in [1.82, 2.24) is 10.0 Å². The molecule has 0 unspecified atom stereocenters. The highest BCUT2D eigenvalue weighted by Gasteiger charge is 2.22. The Labute approximate surface area is 234 Å². The molecule has 0 aromatic heterocycles. The Balaban J connectivity index is 1.49. The van der Waals surface area contributed by atoms with Gasteiger partial charge in [0.1, 0.15) is 30.0 Å². The van der Waals surface area contributed by atoms with Crippen LogP contribution < -0.4 is 25.2 Å². The van der Waals surface area contributed by atoms with E-state index in [-0.39, 0.29) is 29.0 Å². The highest BCUT2D eigenvalue weighted by atomic mass is 32.2. The highest BCUT2D eigenvalue weighted by Crippen LogP contribution is 2.20. The Morgan fingerprint density at radius 2 is 1.73 bits per heavy atom. The predicted octanol–water partition coefficient (Wildman–Crippen LogP) is 2.86. The monoisotopic (exact) mass is 566 g/mol. The van der Waals surface area contributed by atoms with E-state index in [4.69, 9.17) is 20.6 Å². The maximum absolute atomic E-state index is 13.3. The van der Waals surface area contributed by atoms with Gasteiger partial charge in [0.25, 0.3) is 0 Å². The third-order valence-electron chi connectivity index (χ3n) is 6.50. The molecule has 10 nitrogen and oxygen atoms in total. The van der Waals surface area contributed by atoms with Crippen LogP contribution in [0.2, 0.25) is 0 Å². The number of ether oxygens (including phenoxy) is 3. The minimum atomic E-state index is -3.95. The topological polar surface area (TPSA) is 153 Å². The molecular weight excluding hydrogens is 532 g/mol. The lowest BCUT2D eigenvalue weighted by Crippen LogP contribution is -2.40. The van der Waals surface area contributed by atoms with Gasteiger partial charge >= 0.3 is 5.97 Å². The summed E-state index contributed by atoms with van der Waals surface area (Å²) in [6.07, 6.45) is 2.43. The molecule has 0 amide bonds. The summed E-state index contributed by atoms with van der Waals surface area (Å²) in [5.74, 6) is 0.592. The Morgan fingerprint density at radius 1 is 1.02 bits per heavy atom. The van der Waals surface area contributed by atoms with Crippen molar-refractivity contribution < 1.29 is 27.4 Å². The Kier molecular flexibility index (Phi) is 9.75. The van der Waals surface area contributed by atoms with Gasteiger partial charge in [0.2, 0.25) is 10.0 Å². The first-order valence-electron chi connectivity index (χ1n) is 13.0. The van der Waals surface area contributed by atoms with Crippen LogP contribution in [-0.2, 0) is 21.2 Å². The van der Waals surface area contributed by atoms with Gasteiger partial charge in [-0.1, -0.05) is 24.3 Å². The van der Waals surface area contributed by atoms with Crippen LogP contribution in [0.4, 0.5) is 0 Å². The van der Waals surface area contributed by atoms with Crippen LogP contribution in [-0.4, -0.2) is 59.2 Å². The lowest BCUT2D eigenvalue weighted by atomic mass is 10.1. The summed E-state index contributed by atoms with van der Waals surface area (Å²) in [5, 5.41) is 11.0. The fraction of sp³-hybridized carbons (Fsp3) is 0.310. The molecule has 3 aromatic rings. The van der Waals surface area contributed by atoms with E-state index < -0.39 is 22.0 Å². The Bertz CT molecular complexity index is 1410. The summed E-state index contributed by atoms with van der Waals surface area (Å²) in [5.41, 5.74) is 7.24. The van der Waals surface area contributed by atoms with Crippen molar-refractivity contribution in [2.75, 3.05) is 26.8 Å². The van der Waals surface area contributed by atoms with Gasteiger partial charge in [-0.05, 0) is 86.4 Å². The minimum absolute atomic E-state index is 0.00875. The van der Waals surface area contributed by atoms with E-state index >= 15 is 0 Å². The summed E-state index contributed by atoms with van der Waals surface area (Å²) < 4.78 is 46.0. The molecule has 4 rings (SSSR count). The van der Waals surface area contributed by atoms with Crippen LogP contribution in [0.15, 0.2) is 77.7 Å². The van der Waals surface area contributed by atoms with E-state index in [0.717, 1.165) is 37.2 Å². The van der Waals surface area contributed by atoms with Crippen molar-refractivity contribution in [3.63, 3.8) is 0 Å². The molecule has 1 aliphatic rings. The number of rotatable bonds is 12. The molecule has 0 spiro atoms. The third-order valence-corrected chi connectivity index (χ3v) is 8.03. The molecule has 1 aliphatic heterocycles. The average molecular weight is 567 g/mol. The maximum atomic E-state index is 13.3. The number of carbonyl (C=O) groups is 1. The second-order valence-electron chi connectivity index (χ2n) is 9.50. The molecule has 212 valence electrons. The number of nitrogen functional groups attached to an aromatic ring is 1. The van der Waals surface area contributed by atoms with Crippen molar-refractivity contribution in [2.24, 2.45) is 5.73 Å². The lowest BCUT2D eigenvalue weighted by molar-refractivity contribution is 0.0600. The summed E-state index contributed by atoms with van der Waals surface area (Å²) >= 11 is 0. The fourth-order valence-corrected chi connectivity index (χ4v) is 5.58. The summed E-state index contributed by atoms with van der Waals surface area (Å²) in [6, 6.07) is 19.3. The normalized spacial score (nSPS) is 14.7. The van der Waals surface area contributed by atoms with E-state index in [2.05, 4.69) is 14.8 Å². The number of piperidine rings is 1. The van der Waals surface area contributed by atoms with Crippen molar-refractivity contribution >= 4 is 21.8 Å². The summed E-state index contributed by atoms with van der Waals surface area (Å²) in [4.78, 5) is 11.7. The first-order chi connectivity index (χ1) is 19.2. The molecule has 1 atom stereocenters. The number of sulfonamides is 1. The molecule has 1 fully saturated rings. The Morgan fingerprint density at radius 3 is 2.38 bits per heavy atom. The molecule has 0 aliphatic carbocycles. The standard InChI is InChI=1S/C29H34N4O6S/c1-37-29(34)21-7-11-27(12-8-21)40(35,36)33-23(19-38-26-4-2-3-22(18-26)28(30)31)17-20-5-9-24(10-6-20)39-25-13-15-32-16-14-25/h2-12,18,23,25,32-33H,13-17,19H2,1H3,(H3,30,31)/t23-/m0/s1. The zero-order valence-electron chi connectivity index (χ0n) is 22.3. The first kappa shape index (κ1) is 29.1. The predicted molar refractivity (Wildman–Crippen MR) is 152 cm³/mol. The number of hydrogen-bond donors (Lipinski definition) is 4. The van der Waals surface area contributed by atoms with Crippen LogP contribution in [0, 0.1) is 5.41 Å². The number of methoxy groups -OCH3 is 1. The Hall–Kier alpha value is -3.93. The molecule has 0 bridgehead atoms. The molecule has 3 aromatic carbocycles. The molecule has 40 heavy (non-hydrogen) atoms. The van der Waals surface area contributed by atoms with Crippen LogP contribution in [0.3, 0.4) is 0 Å². The van der Waals surface area contributed by atoms with E-state index in [9.17, 15) is 13.2 Å². The van der Waals surface area contributed by atoms with Gasteiger partial charge < -0.3 is 25.3 Å². The number of hydrogen-bond acceptors (Lipinski definition) is 8.